The van der Waals surface area contributed by atoms with Crippen molar-refractivity contribution in [1.29, 1.82) is 0 Å². The third kappa shape index (κ3) is 4.81. The van der Waals surface area contributed by atoms with E-state index in [1.165, 1.54) is 0 Å². The molecule has 5 rings (SSSR count). The number of fused-ring (bicyclic) bond motifs is 3. The molecule has 3 aromatic carbocycles. The van der Waals surface area contributed by atoms with Crippen molar-refractivity contribution in [3.63, 3.8) is 0 Å². The smallest absolute Gasteiger partial charge is 0.241 e. The Bertz CT molecular complexity index is 1560. The van der Waals surface area contributed by atoms with E-state index in [-0.39, 0.29) is 11.9 Å². The van der Waals surface area contributed by atoms with Crippen LogP contribution in [0, 0.1) is 0 Å². The summed E-state index contributed by atoms with van der Waals surface area (Å²) in [6, 6.07) is 23.0. The molecule has 0 saturated heterocycles. The first-order valence-corrected chi connectivity index (χ1v) is 12.1. The van der Waals surface area contributed by atoms with Crippen molar-refractivity contribution in [3.05, 3.63) is 72.8 Å². The quantitative estimate of drug-likeness (QED) is 0.314. The van der Waals surface area contributed by atoms with Gasteiger partial charge in [0.25, 0.3) is 0 Å². The van der Waals surface area contributed by atoms with E-state index < -0.39 is 0 Å². The van der Waals surface area contributed by atoms with E-state index in [2.05, 4.69) is 20.8 Å². The molecule has 2 aromatic heterocycles. The van der Waals surface area contributed by atoms with Crippen molar-refractivity contribution < 1.29 is 9.53 Å². The number of nitrogens with zero attached hydrogens (tertiary/aromatic N) is 5. The maximum atomic E-state index is 12.7. The van der Waals surface area contributed by atoms with Crippen LogP contribution in [-0.2, 0) is 4.79 Å². The number of carbonyl (C=O) groups excluding carboxylic acids is 1. The molecule has 37 heavy (non-hydrogen) atoms. The van der Waals surface area contributed by atoms with Gasteiger partial charge in [0.2, 0.25) is 5.91 Å². The Morgan fingerprint density at radius 2 is 1.70 bits per heavy atom. The highest BCUT2D eigenvalue weighted by Crippen LogP contribution is 2.30. The van der Waals surface area contributed by atoms with Crippen molar-refractivity contribution in [2.24, 2.45) is 0 Å². The van der Waals surface area contributed by atoms with Gasteiger partial charge < -0.3 is 15.4 Å². The van der Waals surface area contributed by atoms with Crippen LogP contribution >= 0.6 is 0 Å². The van der Waals surface area contributed by atoms with Crippen LogP contribution in [0.2, 0.25) is 0 Å². The van der Waals surface area contributed by atoms with Crippen molar-refractivity contribution >= 4 is 39.5 Å². The summed E-state index contributed by atoms with van der Waals surface area (Å²) in [5.41, 5.74) is 3.05. The van der Waals surface area contributed by atoms with Crippen molar-refractivity contribution in [3.8, 4) is 17.1 Å². The molecule has 0 fully saturated rings. The molecule has 0 radical (unpaired) electrons. The van der Waals surface area contributed by atoms with Gasteiger partial charge >= 0.3 is 0 Å². The number of hydrogen-bond donors (Lipinski definition) is 2. The van der Waals surface area contributed by atoms with E-state index in [0.29, 0.717) is 23.0 Å². The van der Waals surface area contributed by atoms with Crippen LogP contribution in [0.3, 0.4) is 0 Å². The summed E-state index contributed by atoms with van der Waals surface area (Å²) in [5.74, 6) is 2.01. The molecule has 0 aliphatic heterocycles. The minimum Gasteiger partial charge on any atom is -0.497 e. The average molecular weight is 496 g/mol. The van der Waals surface area contributed by atoms with Crippen LogP contribution in [0.15, 0.2) is 72.8 Å². The van der Waals surface area contributed by atoms with E-state index >= 15 is 0 Å². The van der Waals surface area contributed by atoms with Gasteiger partial charge in [-0.2, -0.15) is 4.52 Å². The predicted molar refractivity (Wildman–Crippen MR) is 146 cm³/mol. The Kier molecular flexibility index (Phi) is 6.70. The largest absolute Gasteiger partial charge is 0.497 e. The molecule has 0 aliphatic carbocycles. The Morgan fingerprint density at radius 3 is 2.41 bits per heavy atom. The molecule has 5 aromatic rings. The number of hydrogen-bond acceptors (Lipinski definition) is 7. The lowest BCUT2D eigenvalue weighted by Crippen LogP contribution is -2.39. The number of nitrogens with one attached hydrogen (secondary N) is 2. The zero-order chi connectivity index (χ0) is 25.9. The molecule has 0 bridgehead atoms. The third-order valence-corrected chi connectivity index (χ3v) is 6.32. The van der Waals surface area contributed by atoms with Gasteiger partial charge in [0.05, 0.1) is 13.2 Å². The fourth-order valence-electron chi connectivity index (χ4n) is 4.42. The Balaban J connectivity index is 1.52. The highest BCUT2D eigenvalue weighted by atomic mass is 16.5. The maximum Gasteiger partial charge on any atom is 0.241 e. The standard InChI is InChI=1S/C28H29N7O2/c1-5-24(34(2)3)28(36)30-20-10-8-9-19(17-20)29-25-22-11-6-7-12-23(22)27-32-31-26(35(27)33-25)18-13-15-21(37-4)16-14-18/h6-17,24H,5H2,1-4H3,(H,29,33)(H,30,36). The Morgan fingerprint density at radius 1 is 0.973 bits per heavy atom. The zero-order valence-corrected chi connectivity index (χ0v) is 21.3. The van der Waals surface area contributed by atoms with Gasteiger partial charge in [-0.05, 0) is 63.0 Å². The van der Waals surface area contributed by atoms with Gasteiger partial charge in [-0.15, -0.1) is 15.3 Å². The van der Waals surface area contributed by atoms with Gasteiger partial charge in [0.1, 0.15) is 5.75 Å². The number of carbonyl (C=O) groups is 1. The lowest BCUT2D eigenvalue weighted by atomic mass is 10.1. The molecule has 0 aliphatic rings. The van der Waals surface area contributed by atoms with Gasteiger partial charge in [0.15, 0.2) is 17.3 Å². The highest BCUT2D eigenvalue weighted by Gasteiger charge is 2.19. The molecule has 9 heteroatoms. The molecule has 1 amide bonds. The van der Waals surface area contributed by atoms with Crippen LogP contribution in [0.5, 0.6) is 5.75 Å². The third-order valence-electron chi connectivity index (χ3n) is 6.32. The van der Waals surface area contributed by atoms with E-state index in [9.17, 15) is 4.79 Å². The Labute approximate surface area is 215 Å². The molecule has 188 valence electrons. The molecule has 1 unspecified atom stereocenters. The van der Waals surface area contributed by atoms with Gasteiger partial charge in [-0.3, -0.25) is 9.69 Å². The molecule has 0 saturated carbocycles. The molecule has 0 spiro atoms. The highest BCUT2D eigenvalue weighted by molar-refractivity contribution is 6.01. The number of anilines is 3. The fraction of sp³-hybridized carbons (Fsp3) is 0.214. The van der Waals surface area contributed by atoms with E-state index in [1.54, 1.807) is 11.6 Å². The predicted octanol–water partition coefficient (Wildman–Crippen LogP) is 4.98. The number of aromatic nitrogens is 4. The first kappa shape index (κ1) is 24.2. The van der Waals surface area contributed by atoms with E-state index in [0.717, 1.165) is 34.2 Å². The molecule has 2 N–H and O–H groups in total. The summed E-state index contributed by atoms with van der Waals surface area (Å²) in [7, 11) is 5.45. The van der Waals surface area contributed by atoms with Crippen molar-refractivity contribution in [2.75, 3.05) is 31.8 Å². The second kappa shape index (κ2) is 10.2. The number of rotatable bonds is 8. The minimum atomic E-state index is -0.199. The fourth-order valence-corrected chi connectivity index (χ4v) is 4.42. The second-order valence-electron chi connectivity index (χ2n) is 8.96. The van der Waals surface area contributed by atoms with Crippen molar-refractivity contribution in [2.45, 2.75) is 19.4 Å². The molecular formula is C28H29N7O2. The second-order valence-corrected chi connectivity index (χ2v) is 8.96. The van der Waals surface area contributed by atoms with Crippen LogP contribution < -0.4 is 15.4 Å². The lowest BCUT2D eigenvalue weighted by molar-refractivity contribution is -0.120. The molecule has 9 nitrogen and oxygen atoms in total. The number of benzene rings is 3. The van der Waals surface area contributed by atoms with Crippen LogP contribution in [0.4, 0.5) is 17.2 Å². The first-order chi connectivity index (χ1) is 18.0. The summed E-state index contributed by atoms with van der Waals surface area (Å²) >= 11 is 0. The van der Waals surface area contributed by atoms with Gasteiger partial charge in [-0.25, -0.2) is 0 Å². The number of methoxy groups -OCH3 is 1. The summed E-state index contributed by atoms with van der Waals surface area (Å²) in [5, 5.41) is 22.1. The molecule has 1 atom stereocenters. The summed E-state index contributed by atoms with van der Waals surface area (Å²) in [4.78, 5) is 14.7. The van der Waals surface area contributed by atoms with E-state index in [4.69, 9.17) is 9.84 Å². The minimum absolute atomic E-state index is 0.0386. The lowest BCUT2D eigenvalue weighted by Gasteiger charge is -2.22. The average Bonchev–Trinajstić information content (AvgIpc) is 3.33. The summed E-state index contributed by atoms with van der Waals surface area (Å²) < 4.78 is 7.04. The summed E-state index contributed by atoms with van der Waals surface area (Å²) in [6.07, 6.45) is 0.724. The van der Waals surface area contributed by atoms with Crippen molar-refractivity contribution in [1.82, 2.24) is 24.7 Å². The normalized spacial score (nSPS) is 12.1. The van der Waals surface area contributed by atoms with Crippen LogP contribution in [0.1, 0.15) is 13.3 Å². The molecular weight excluding hydrogens is 466 g/mol. The number of likely N-dealkylation sites (N-methyl/N-ethyl adjacent to an activating group) is 1. The monoisotopic (exact) mass is 495 g/mol. The maximum absolute atomic E-state index is 12.7. The number of amides is 1. The molecule has 2 heterocycles. The summed E-state index contributed by atoms with van der Waals surface area (Å²) in [6.45, 7) is 2.00. The topological polar surface area (TPSA) is 96.7 Å². The van der Waals surface area contributed by atoms with Gasteiger partial charge in [0, 0.05) is 27.7 Å². The first-order valence-electron chi connectivity index (χ1n) is 12.1. The Hall–Kier alpha value is -4.50. The van der Waals surface area contributed by atoms with Gasteiger partial charge in [-0.1, -0.05) is 37.3 Å². The SMILES string of the molecule is CCC(C(=O)Nc1cccc(Nc2nn3c(-c4ccc(OC)cc4)nnc3c3ccccc23)c1)N(C)C. The number of ether oxygens (including phenoxy) is 1. The van der Waals surface area contributed by atoms with E-state index in [1.807, 2.05) is 98.7 Å². The zero-order valence-electron chi connectivity index (χ0n) is 21.3. The van der Waals surface area contributed by atoms with Crippen LogP contribution in [-0.4, -0.2) is 57.9 Å². The van der Waals surface area contributed by atoms with Crippen LogP contribution in [0.25, 0.3) is 27.8 Å².